The molecule has 1 aliphatic carbocycles. The maximum absolute atomic E-state index is 11.4. The van der Waals surface area contributed by atoms with Gasteiger partial charge in [0.2, 0.25) is 0 Å². The standard InChI is InChI=1S/C23H20N2O3/c1-28-21-9-5-4-8-17(21)23-19-12-14-6-2-3-7-16(14)22(19)18-13-15(25(26)27)10-11-20(18)24-23/h2-11,13,19,22-24H,12H2,1H3/t19-,22-,23+/m1/s1. The van der Waals surface area contributed by atoms with Crippen LogP contribution in [0.1, 0.15) is 34.2 Å². The second-order valence-electron chi connectivity index (χ2n) is 7.44. The summed E-state index contributed by atoms with van der Waals surface area (Å²) in [5.74, 6) is 1.26. The van der Waals surface area contributed by atoms with Crippen molar-refractivity contribution in [1.82, 2.24) is 0 Å². The molecule has 3 atom stereocenters. The number of anilines is 1. The molecule has 0 aromatic heterocycles. The van der Waals surface area contributed by atoms with Crippen molar-refractivity contribution >= 4 is 11.4 Å². The highest BCUT2D eigenvalue weighted by molar-refractivity contribution is 5.66. The van der Waals surface area contributed by atoms with E-state index in [4.69, 9.17) is 4.74 Å². The zero-order valence-electron chi connectivity index (χ0n) is 15.5. The summed E-state index contributed by atoms with van der Waals surface area (Å²) in [5, 5.41) is 15.0. The number of nitro groups is 1. The monoisotopic (exact) mass is 372 g/mol. The fourth-order valence-electron chi connectivity index (χ4n) is 4.89. The number of nitrogens with one attached hydrogen (secondary N) is 1. The van der Waals surface area contributed by atoms with Gasteiger partial charge < -0.3 is 10.1 Å². The SMILES string of the molecule is COc1ccccc1[C@@H]1Nc2ccc([N+](=O)[O-])cc2[C@H]2c3ccccc3C[C@H]21. The van der Waals surface area contributed by atoms with Crippen LogP contribution in [-0.4, -0.2) is 12.0 Å². The minimum atomic E-state index is -0.317. The molecule has 0 bridgehead atoms. The maximum atomic E-state index is 11.4. The van der Waals surface area contributed by atoms with E-state index in [1.54, 1.807) is 19.2 Å². The fraction of sp³-hybridized carbons (Fsp3) is 0.217. The lowest BCUT2D eigenvalue weighted by atomic mass is 9.75. The molecule has 140 valence electrons. The number of nitrogens with zero attached hydrogens (tertiary/aromatic N) is 1. The van der Waals surface area contributed by atoms with Crippen LogP contribution in [0.2, 0.25) is 0 Å². The van der Waals surface area contributed by atoms with Gasteiger partial charge in [-0.15, -0.1) is 0 Å². The first kappa shape index (κ1) is 16.8. The molecule has 0 saturated heterocycles. The van der Waals surface area contributed by atoms with E-state index in [1.165, 1.54) is 11.1 Å². The fourth-order valence-corrected chi connectivity index (χ4v) is 4.89. The van der Waals surface area contributed by atoms with Crippen LogP contribution in [0.5, 0.6) is 5.75 Å². The van der Waals surface area contributed by atoms with E-state index in [0.29, 0.717) is 0 Å². The molecule has 28 heavy (non-hydrogen) atoms. The number of para-hydroxylation sites is 1. The van der Waals surface area contributed by atoms with Crippen molar-refractivity contribution in [3.05, 3.63) is 99.1 Å². The average molecular weight is 372 g/mol. The highest BCUT2D eigenvalue weighted by Crippen LogP contribution is 2.55. The summed E-state index contributed by atoms with van der Waals surface area (Å²) in [5.41, 5.74) is 5.82. The third-order valence-corrected chi connectivity index (χ3v) is 6.07. The second-order valence-corrected chi connectivity index (χ2v) is 7.44. The van der Waals surface area contributed by atoms with Crippen molar-refractivity contribution in [2.24, 2.45) is 5.92 Å². The summed E-state index contributed by atoms with van der Waals surface area (Å²) in [6.45, 7) is 0. The zero-order chi connectivity index (χ0) is 19.3. The smallest absolute Gasteiger partial charge is 0.269 e. The third-order valence-electron chi connectivity index (χ3n) is 6.07. The Bertz CT molecular complexity index is 1080. The number of methoxy groups -OCH3 is 1. The molecule has 0 radical (unpaired) electrons. The Morgan fingerprint density at radius 3 is 2.54 bits per heavy atom. The van der Waals surface area contributed by atoms with E-state index >= 15 is 0 Å². The summed E-state index contributed by atoms with van der Waals surface area (Å²) < 4.78 is 5.63. The number of ether oxygens (including phenoxy) is 1. The van der Waals surface area contributed by atoms with Crippen molar-refractivity contribution in [1.29, 1.82) is 0 Å². The molecule has 3 aromatic carbocycles. The molecule has 3 aromatic rings. The molecule has 5 heteroatoms. The Morgan fingerprint density at radius 1 is 1.00 bits per heavy atom. The second kappa shape index (κ2) is 6.37. The Balaban J connectivity index is 1.70. The van der Waals surface area contributed by atoms with Crippen LogP contribution in [0.4, 0.5) is 11.4 Å². The van der Waals surface area contributed by atoms with Crippen LogP contribution in [0.3, 0.4) is 0 Å². The van der Waals surface area contributed by atoms with Gasteiger partial charge in [-0.2, -0.15) is 0 Å². The largest absolute Gasteiger partial charge is 0.496 e. The highest BCUT2D eigenvalue weighted by atomic mass is 16.6. The molecule has 5 nitrogen and oxygen atoms in total. The van der Waals surface area contributed by atoms with Crippen molar-refractivity contribution in [3.8, 4) is 5.75 Å². The molecule has 0 fully saturated rings. The van der Waals surface area contributed by atoms with Crippen LogP contribution in [0.15, 0.2) is 66.7 Å². The Morgan fingerprint density at radius 2 is 1.75 bits per heavy atom. The van der Waals surface area contributed by atoms with Gasteiger partial charge in [-0.05, 0) is 41.2 Å². The van der Waals surface area contributed by atoms with Gasteiger partial charge in [-0.25, -0.2) is 0 Å². The number of rotatable bonds is 3. The Kier molecular flexibility index (Phi) is 3.83. The molecule has 1 N–H and O–H groups in total. The van der Waals surface area contributed by atoms with E-state index in [2.05, 4.69) is 35.6 Å². The summed E-state index contributed by atoms with van der Waals surface area (Å²) in [4.78, 5) is 11.0. The van der Waals surface area contributed by atoms with Gasteiger partial charge >= 0.3 is 0 Å². The number of fused-ring (bicyclic) bond motifs is 5. The summed E-state index contributed by atoms with van der Waals surface area (Å²) in [6.07, 6.45) is 0.929. The first-order valence-corrected chi connectivity index (χ1v) is 9.43. The van der Waals surface area contributed by atoms with Gasteiger partial charge in [0.1, 0.15) is 5.75 Å². The number of benzene rings is 3. The van der Waals surface area contributed by atoms with Gasteiger partial charge in [0.05, 0.1) is 18.1 Å². The first-order chi connectivity index (χ1) is 13.7. The topological polar surface area (TPSA) is 64.4 Å². The molecule has 0 unspecified atom stereocenters. The quantitative estimate of drug-likeness (QED) is 0.515. The van der Waals surface area contributed by atoms with Gasteiger partial charge in [0, 0.05) is 29.3 Å². The number of hydrogen-bond donors (Lipinski definition) is 1. The lowest BCUT2D eigenvalue weighted by Crippen LogP contribution is -2.30. The van der Waals surface area contributed by atoms with Gasteiger partial charge in [0.15, 0.2) is 0 Å². The van der Waals surface area contributed by atoms with Crippen molar-refractivity contribution in [2.45, 2.75) is 18.4 Å². The number of nitro benzene ring substituents is 1. The average Bonchev–Trinajstić information content (AvgIpc) is 3.12. The van der Waals surface area contributed by atoms with Crippen LogP contribution < -0.4 is 10.1 Å². The predicted molar refractivity (Wildman–Crippen MR) is 108 cm³/mol. The van der Waals surface area contributed by atoms with E-state index in [9.17, 15) is 10.1 Å². The predicted octanol–water partition coefficient (Wildman–Crippen LogP) is 5.07. The third kappa shape index (κ3) is 2.47. The zero-order valence-corrected chi connectivity index (χ0v) is 15.5. The lowest BCUT2D eigenvalue weighted by Gasteiger charge is -2.38. The minimum absolute atomic E-state index is 0.0718. The van der Waals surface area contributed by atoms with Crippen LogP contribution in [0, 0.1) is 16.0 Å². The normalized spacial score (nSPS) is 21.8. The minimum Gasteiger partial charge on any atom is -0.496 e. The van der Waals surface area contributed by atoms with Crippen molar-refractivity contribution < 1.29 is 9.66 Å². The summed E-state index contributed by atoms with van der Waals surface area (Å²) in [6, 6.07) is 21.8. The molecule has 2 aliphatic rings. The number of hydrogen-bond acceptors (Lipinski definition) is 4. The molecule has 1 heterocycles. The summed E-state index contributed by atoms with van der Waals surface area (Å²) >= 11 is 0. The molecular weight excluding hydrogens is 352 g/mol. The van der Waals surface area contributed by atoms with Crippen LogP contribution in [0.25, 0.3) is 0 Å². The maximum Gasteiger partial charge on any atom is 0.269 e. The molecular formula is C23H20N2O3. The van der Waals surface area contributed by atoms with Crippen molar-refractivity contribution in [3.63, 3.8) is 0 Å². The Hall–Kier alpha value is -3.34. The van der Waals surface area contributed by atoms with Gasteiger partial charge in [-0.3, -0.25) is 10.1 Å². The van der Waals surface area contributed by atoms with Gasteiger partial charge in [-0.1, -0.05) is 42.5 Å². The molecule has 0 spiro atoms. The van der Waals surface area contributed by atoms with E-state index in [-0.39, 0.29) is 28.5 Å². The molecule has 0 amide bonds. The van der Waals surface area contributed by atoms with Crippen molar-refractivity contribution in [2.75, 3.05) is 12.4 Å². The first-order valence-electron chi connectivity index (χ1n) is 9.43. The van der Waals surface area contributed by atoms with E-state index in [0.717, 1.165) is 29.0 Å². The van der Waals surface area contributed by atoms with E-state index < -0.39 is 0 Å². The van der Waals surface area contributed by atoms with Crippen LogP contribution in [-0.2, 0) is 6.42 Å². The summed E-state index contributed by atoms with van der Waals surface area (Å²) in [7, 11) is 1.69. The molecule has 0 saturated carbocycles. The van der Waals surface area contributed by atoms with E-state index in [1.807, 2.05) is 24.3 Å². The van der Waals surface area contributed by atoms with Gasteiger partial charge in [0.25, 0.3) is 5.69 Å². The number of non-ortho nitro benzene ring substituents is 1. The molecule has 1 aliphatic heterocycles. The van der Waals surface area contributed by atoms with Crippen LogP contribution >= 0.6 is 0 Å². The lowest BCUT2D eigenvalue weighted by molar-refractivity contribution is -0.384. The Labute approximate surface area is 163 Å². The highest BCUT2D eigenvalue weighted by Gasteiger charge is 2.44. The molecule has 5 rings (SSSR count).